The quantitative estimate of drug-likeness (QED) is 0.196. The van der Waals surface area contributed by atoms with Crippen molar-refractivity contribution >= 4 is 65.0 Å². The maximum atomic E-state index is 5.28. The Labute approximate surface area is 293 Å². The molecule has 9 aromatic rings. The zero-order chi connectivity index (χ0) is 33.0. The second-order valence-corrected chi connectivity index (χ2v) is 13.7. The number of fused-ring (bicyclic) bond motifs is 6. The Hall–Kier alpha value is -6.30. The Bertz CT molecular complexity index is 2770. The van der Waals surface area contributed by atoms with Crippen molar-refractivity contribution in [2.24, 2.45) is 9.98 Å². The second kappa shape index (κ2) is 11.7. The van der Waals surface area contributed by atoms with Crippen LogP contribution in [0.25, 0.3) is 58.8 Å². The van der Waals surface area contributed by atoms with E-state index in [0.29, 0.717) is 5.84 Å². The van der Waals surface area contributed by atoms with Crippen molar-refractivity contribution in [1.29, 1.82) is 0 Å². The van der Waals surface area contributed by atoms with E-state index < -0.39 is 0 Å². The summed E-state index contributed by atoms with van der Waals surface area (Å²) in [7, 11) is 0. The van der Waals surface area contributed by atoms with Gasteiger partial charge in [0.1, 0.15) is 12.0 Å². The van der Waals surface area contributed by atoms with Crippen LogP contribution in [0.1, 0.15) is 22.9 Å². The highest BCUT2D eigenvalue weighted by atomic mass is 32.1. The molecule has 0 fully saturated rings. The van der Waals surface area contributed by atoms with Crippen molar-refractivity contribution in [2.75, 3.05) is 0 Å². The third-order valence-corrected chi connectivity index (χ3v) is 10.8. The summed E-state index contributed by atoms with van der Waals surface area (Å²) in [5.41, 5.74) is 8.88. The highest BCUT2D eigenvalue weighted by molar-refractivity contribution is 7.25. The van der Waals surface area contributed by atoms with Gasteiger partial charge < -0.3 is 9.88 Å². The van der Waals surface area contributed by atoms with Crippen LogP contribution in [0, 0.1) is 0 Å². The predicted molar refractivity (Wildman–Crippen MR) is 211 cm³/mol. The van der Waals surface area contributed by atoms with Gasteiger partial charge in [-0.25, -0.2) is 9.98 Å². The molecular weight excluding hydrogens is 629 g/mol. The first-order valence-corrected chi connectivity index (χ1v) is 17.7. The van der Waals surface area contributed by atoms with E-state index in [-0.39, 0.29) is 6.17 Å². The molecule has 1 atom stereocenters. The lowest BCUT2D eigenvalue weighted by molar-refractivity contribution is 0.670. The highest BCUT2D eigenvalue weighted by Crippen LogP contribution is 2.41. The SMILES string of the molecule is c1ccc(C2=NC(c3ccccc3-n3c4ccccc4c4cc5sc6ccccc6c5cc43)NC(c3ccc(-c4ccccc4)cc3)=N2)cc1. The summed E-state index contributed by atoms with van der Waals surface area (Å²) in [5.74, 6) is 1.51. The molecule has 1 aliphatic rings. The Morgan fingerprint density at radius 2 is 1.12 bits per heavy atom. The van der Waals surface area contributed by atoms with Gasteiger partial charge in [0.05, 0.1) is 16.7 Å². The molecule has 1 unspecified atom stereocenters. The number of hydrogen-bond donors (Lipinski definition) is 1. The molecule has 0 radical (unpaired) electrons. The number of aliphatic imine (C=N–C) groups is 2. The lowest BCUT2D eigenvalue weighted by Crippen LogP contribution is -2.34. The summed E-state index contributed by atoms with van der Waals surface area (Å²) in [6.07, 6.45) is -0.371. The number of thiophene rings is 1. The van der Waals surface area contributed by atoms with E-state index in [2.05, 4.69) is 155 Å². The molecule has 236 valence electrons. The van der Waals surface area contributed by atoms with Gasteiger partial charge in [0.15, 0.2) is 5.84 Å². The number of hydrogen-bond acceptors (Lipinski definition) is 4. The van der Waals surface area contributed by atoms with Gasteiger partial charge in [-0.05, 0) is 41.5 Å². The minimum Gasteiger partial charge on any atom is -0.344 e. The average Bonchev–Trinajstić information content (AvgIpc) is 3.72. The van der Waals surface area contributed by atoms with Gasteiger partial charge in [-0.15, -0.1) is 11.3 Å². The van der Waals surface area contributed by atoms with Gasteiger partial charge in [-0.3, -0.25) is 0 Å². The fraction of sp³-hybridized carbons (Fsp3) is 0.0222. The topological polar surface area (TPSA) is 41.7 Å². The normalized spacial score (nSPS) is 14.6. The van der Waals surface area contributed by atoms with Crippen molar-refractivity contribution in [3.05, 3.63) is 187 Å². The van der Waals surface area contributed by atoms with Gasteiger partial charge >= 0.3 is 0 Å². The lowest BCUT2D eigenvalue weighted by Gasteiger charge is -2.26. The zero-order valence-electron chi connectivity index (χ0n) is 27.0. The number of para-hydroxylation sites is 2. The van der Waals surface area contributed by atoms with Crippen LogP contribution in [-0.2, 0) is 0 Å². The molecule has 0 saturated carbocycles. The number of aromatic nitrogens is 1. The van der Waals surface area contributed by atoms with Crippen molar-refractivity contribution in [1.82, 2.24) is 9.88 Å². The van der Waals surface area contributed by atoms with Crippen molar-refractivity contribution in [2.45, 2.75) is 6.17 Å². The fourth-order valence-electron chi connectivity index (χ4n) is 7.29. The molecule has 0 saturated heterocycles. The van der Waals surface area contributed by atoms with Crippen LogP contribution >= 0.6 is 11.3 Å². The van der Waals surface area contributed by atoms with Crippen LogP contribution < -0.4 is 5.32 Å². The summed E-state index contributed by atoms with van der Waals surface area (Å²) < 4.78 is 5.04. The molecule has 2 aromatic heterocycles. The molecule has 0 amide bonds. The molecule has 4 nitrogen and oxygen atoms in total. The molecule has 0 aliphatic carbocycles. The number of benzene rings is 7. The van der Waals surface area contributed by atoms with Crippen LogP contribution in [0.15, 0.2) is 180 Å². The third kappa shape index (κ3) is 4.74. The molecule has 50 heavy (non-hydrogen) atoms. The Balaban J connectivity index is 1.15. The van der Waals surface area contributed by atoms with Crippen LogP contribution in [0.3, 0.4) is 0 Å². The van der Waals surface area contributed by atoms with E-state index in [1.165, 1.54) is 53.1 Å². The average molecular weight is 659 g/mol. The molecule has 7 aromatic carbocycles. The number of nitrogens with one attached hydrogen (secondary N) is 1. The summed E-state index contributed by atoms with van der Waals surface area (Å²) >= 11 is 1.86. The van der Waals surface area contributed by atoms with Crippen LogP contribution in [0.4, 0.5) is 0 Å². The monoisotopic (exact) mass is 658 g/mol. The largest absolute Gasteiger partial charge is 0.344 e. The van der Waals surface area contributed by atoms with E-state index in [1.54, 1.807) is 0 Å². The predicted octanol–water partition coefficient (Wildman–Crippen LogP) is 11.3. The summed E-state index contributed by atoms with van der Waals surface area (Å²) in [4.78, 5) is 10.4. The van der Waals surface area contributed by atoms with Crippen molar-refractivity contribution in [3.63, 3.8) is 0 Å². The van der Waals surface area contributed by atoms with E-state index in [4.69, 9.17) is 9.98 Å². The van der Waals surface area contributed by atoms with E-state index in [9.17, 15) is 0 Å². The molecule has 5 heteroatoms. The zero-order valence-corrected chi connectivity index (χ0v) is 27.8. The van der Waals surface area contributed by atoms with Crippen LogP contribution in [0.5, 0.6) is 0 Å². The number of nitrogens with zero attached hydrogens (tertiary/aromatic N) is 3. The molecule has 1 N–H and O–H groups in total. The molecule has 10 rings (SSSR count). The summed E-state index contributed by atoms with van der Waals surface area (Å²) in [6, 6.07) is 60.2. The Morgan fingerprint density at radius 3 is 1.94 bits per heavy atom. The maximum absolute atomic E-state index is 5.28. The minimum atomic E-state index is -0.371. The highest BCUT2D eigenvalue weighted by Gasteiger charge is 2.25. The molecule has 1 aliphatic heterocycles. The Kier molecular flexibility index (Phi) is 6.71. The maximum Gasteiger partial charge on any atom is 0.159 e. The first kappa shape index (κ1) is 28.7. The van der Waals surface area contributed by atoms with E-state index >= 15 is 0 Å². The third-order valence-electron chi connectivity index (χ3n) is 9.68. The number of rotatable bonds is 5. The van der Waals surface area contributed by atoms with Crippen LogP contribution in [-0.4, -0.2) is 16.2 Å². The smallest absolute Gasteiger partial charge is 0.159 e. The van der Waals surface area contributed by atoms with Gasteiger partial charge in [0.25, 0.3) is 0 Å². The standard InChI is InChI=1S/C45H30N4S/c1-3-13-29(14-4-1)30-23-25-32(26-24-30)44-46-43(31-15-5-2-6-16-31)47-45(48-44)35-19-8-11-21-39(35)49-38-20-10-7-17-33(38)36-28-42-37(27-40(36)49)34-18-9-12-22-41(34)50-42/h1-28,45H,(H,46,47,48). The minimum absolute atomic E-state index is 0.371. The first-order chi connectivity index (χ1) is 24.8. The first-order valence-electron chi connectivity index (χ1n) is 16.9. The molecule has 0 bridgehead atoms. The summed E-state index contributed by atoms with van der Waals surface area (Å²) in [5, 5.41) is 8.81. The second-order valence-electron chi connectivity index (χ2n) is 12.6. The summed E-state index contributed by atoms with van der Waals surface area (Å²) in [6.45, 7) is 0. The Morgan fingerprint density at radius 1 is 0.480 bits per heavy atom. The van der Waals surface area contributed by atoms with Crippen molar-refractivity contribution < 1.29 is 0 Å². The number of amidine groups is 2. The fourth-order valence-corrected chi connectivity index (χ4v) is 8.42. The molecule has 3 heterocycles. The van der Waals surface area contributed by atoms with Gasteiger partial charge in [-0.2, -0.15) is 0 Å². The van der Waals surface area contributed by atoms with Crippen molar-refractivity contribution in [3.8, 4) is 16.8 Å². The van der Waals surface area contributed by atoms with E-state index in [0.717, 1.165) is 28.2 Å². The van der Waals surface area contributed by atoms with E-state index in [1.807, 2.05) is 35.6 Å². The van der Waals surface area contributed by atoms with Gasteiger partial charge in [-0.1, -0.05) is 140 Å². The molecular formula is C45H30N4S. The van der Waals surface area contributed by atoms with Gasteiger partial charge in [0, 0.05) is 47.6 Å². The van der Waals surface area contributed by atoms with Crippen LogP contribution in [0.2, 0.25) is 0 Å². The lowest BCUT2D eigenvalue weighted by atomic mass is 10.0. The van der Waals surface area contributed by atoms with Gasteiger partial charge in [0.2, 0.25) is 0 Å². The molecule has 0 spiro atoms.